The van der Waals surface area contributed by atoms with Crippen LogP contribution in [-0.2, 0) is 11.8 Å². The zero-order valence-corrected chi connectivity index (χ0v) is 17.9. The summed E-state index contributed by atoms with van der Waals surface area (Å²) in [5.74, 6) is 0.460. The molecule has 0 aliphatic rings. The van der Waals surface area contributed by atoms with Crippen LogP contribution in [0, 0.1) is 0 Å². The minimum absolute atomic E-state index is 0.172. The number of carbonyl (C=O) groups excluding carboxylic acids is 1. The van der Waals surface area contributed by atoms with Crippen molar-refractivity contribution in [2.75, 3.05) is 31.6 Å². The third-order valence-corrected chi connectivity index (χ3v) is 5.77. The summed E-state index contributed by atoms with van der Waals surface area (Å²) in [6, 6.07) is 11.1. The zero-order valence-electron chi connectivity index (χ0n) is 16.3. The van der Waals surface area contributed by atoms with E-state index in [1.807, 2.05) is 35.9 Å². The number of thiazole rings is 1. The molecule has 10 heteroatoms. The lowest BCUT2D eigenvalue weighted by atomic mass is 10.2. The van der Waals surface area contributed by atoms with Crippen LogP contribution in [0.4, 0.5) is 11.1 Å². The van der Waals surface area contributed by atoms with Gasteiger partial charge >= 0.3 is 0 Å². The Labute approximate surface area is 182 Å². The zero-order chi connectivity index (χ0) is 21.1. The van der Waals surface area contributed by atoms with E-state index in [0.29, 0.717) is 53.5 Å². The average molecular weight is 445 g/mol. The summed E-state index contributed by atoms with van der Waals surface area (Å²) in [6.07, 6.45) is 0. The number of ether oxygens (including phenoxy) is 1. The molecule has 30 heavy (non-hydrogen) atoms. The Balaban J connectivity index is 1.51. The number of nitrogens with one attached hydrogen (secondary N) is 2. The van der Waals surface area contributed by atoms with Crippen LogP contribution in [0.1, 0.15) is 10.4 Å². The smallest absolute Gasteiger partial charge is 0.251 e. The maximum atomic E-state index is 12.4. The molecule has 0 fully saturated rings. The van der Waals surface area contributed by atoms with Gasteiger partial charge in [0, 0.05) is 25.7 Å². The van der Waals surface area contributed by atoms with E-state index in [1.54, 1.807) is 12.1 Å². The van der Waals surface area contributed by atoms with Gasteiger partial charge in [0.25, 0.3) is 5.91 Å². The second-order valence-electron chi connectivity index (χ2n) is 6.59. The van der Waals surface area contributed by atoms with Crippen LogP contribution in [-0.4, -0.2) is 46.7 Å². The Morgan fingerprint density at radius 1 is 1.27 bits per heavy atom. The molecule has 0 aliphatic carbocycles. The Hall–Kier alpha value is -2.72. The van der Waals surface area contributed by atoms with Gasteiger partial charge in [0.1, 0.15) is 5.52 Å². The molecule has 2 heterocycles. The third kappa shape index (κ3) is 4.24. The van der Waals surface area contributed by atoms with E-state index in [1.165, 1.54) is 11.3 Å². The van der Waals surface area contributed by atoms with Crippen LogP contribution in [0.3, 0.4) is 0 Å². The third-order valence-electron chi connectivity index (χ3n) is 4.53. The molecule has 4 N–H and O–H groups in total. The van der Waals surface area contributed by atoms with Gasteiger partial charge in [-0.1, -0.05) is 29.0 Å². The van der Waals surface area contributed by atoms with Gasteiger partial charge in [0.15, 0.2) is 5.13 Å². The number of amides is 1. The Kier molecular flexibility index (Phi) is 6.14. The number of para-hydroxylation sites is 1. The predicted octanol–water partition coefficient (Wildman–Crippen LogP) is 3.29. The van der Waals surface area contributed by atoms with Crippen molar-refractivity contribution in [3.63, 3.8) is 0 Å². The lowest BCUT2D eigenvalue weighted by Crippen LogP contribution is -2.27. The molecule has 156 valence electrons. The van der Waals surface area contributed by atoms with E-state index in [0.717, 1.165) is 15.7 Å². The van der Waals surface area contributed by atoms with Gasteiger partial charge in [-0.3, -0.25) is 4.79 Å². The highest BCUT2D eigenvalue weighted by molar-refractivity contribution is 7.22. The van der Waals surface area contributed by atoms with Gasteiger partial charge in [0.2, 0.25) is 5.95 Å². The summed E-state index contributed by atoms with van der Waals surface area (Å²) in [6.45, 7) is 1.79. The van der Waals surface area contributed by atoms with Gasteiger partial charge in [-0.15, -0.1) is 0 Å². The molecule has 0 radical (unpaired) electrons. The molecular weight excluding hydrogens is 424 g/mol. The molecule has 4 aromatic rings. The Morgan fingerprint density at radius 2 is 2.13 bits per heavy atom. The number of nitrogens with two attached hydrogens (primary N) is 1. The van der Waals surface area contributed by atoms with Crippen LogP contribution in [0.5, 0.6) is 0 Å². The van der Waals surface area contributed by atoms with Gasteiger partial charge in [0.05, 0.1) is 34.0 Å². The fraction of sp³-hybridized carbons (Fsp3) is 0.250. The van der Waals surface area contributed by atoms with Crippen molar-refractivity contribution >= 4 is 61.2 Å². The van der Waals surface area contributed by atoms with Crippen LogP contribution in [0.25, 0.3) is 21.3 Å². The highest BCUT2D eigenvalue weighted by Crippen LogP contribution is 2.32. The highest BCUT2D eigenvalue weighted by atomic mass is 35.5. The molecule has 0 spiro atoms. The number of carbonyl (C=O) groups is 1. The molecular formula is C20H21ClN6O2S. The van der Waals surface area contributed by atoms with Crippen LogP contribution in [0.2, 0.25) is 5.02 Å². The topological polar surface area (TPSA) is 107 Å². The number of hydrogen-bond acceptors (Lipinski definition) is 7. The number of benzene rings is 2. The summed E-state index contributed by atoms with van der Waals surface area (Å²) in [4.78, 5) is 21.6. The number of fused-ring (bicyclic) bond motifs is 2. The van der Waals surface area contributed by atoms with Gasteiger partial charge in [-0.2, -0.15) is 0 Å². The predicted molar refractivity (Wildman–Crippen MR) is 121 cm³/mol. The summed E-state index contributed by atoms with van der Waals surface area (Å²) in [7, 11) is 1.91. The van der Waals surface area contributed by atoms with Crippen molar-refractivity contribution in [2.24, 2.45) is 12.8 Å². The molecule has 2 aromatic heterocycles. The molecule has 2 aromatic carbocycles. The number of imidazole rings is 1. The first-order valence-corrected chi connectivity index (χ1v) is 10.6. The van der Waals surface area contributed by atoms with Crippen molar-refractivity contribution in [1.82, 2.24) is 19.9 Å². The van der Waals surface area contributed by atoms with E-state index in [-0.39, 0.29) is 5.91 Å². The van der Waals surface area contributed by atoms with Crippen LogP contribution < -0.4 is 16.4 Å². The first kappa shape index (κ1) is 20.5. The molecule has 4 rings (SSSR count). The lowest BCUT2D eigenvalue weighted by molar-refractivity contribution is 0.0920. The second-order valence-corrected chi connectivity index (χ2v) is 8.02. The van der Waals surface area contributed by atoms with E-state index in [9.17, 15) is 4.79 Å². The van der Waals surface area contributed by atoms with Crippen molar-refractivity contribution in [3.8, 4) is 0 Å². The largest absolute Gasteiger partial charge is 0.378 e. The summed E-state index contributed by atoms with van der Waals surface area (Å²) in [5.41, 5.74) is 8.29. The average Bonchev–Trinajstić information content (AvgIpc) is 3.29. The van der Waals surface area contributed by atoms with E-state index in [4.69, 9.17) is 22.1 Å². The first-order valence-electron chi connectivity index (χ1n) is 9.41. The summed E-state index contributed by atoms with van der Waals surface area (Å²) >= 11 is 7.73. The number of hydrogen-bond donors (Lipinski definition) is 3. The number of halogens is 1. The normalized spacial score (nSPS) is 11.3. The number of aryl methyl sites for hydroxylation is 1. The summed E-state index contributed by atoms with van der Waals surface area (Å²) < 4.78 is 8.19. The summed E-state index contributed by atoms with van der Waals surface area (Å²) in [5, 5.41) is 7.40. The molecule has 0 bridgehead atoms. The molecule has 0 aliphatic heterocycles. The number of nitrogens with zero attached hydrogens (tertiary/aromatic N) is 3. The second kappa shape index (κ2) is 8.97. The number of aromatic nitrogens is 3. The van der Waals surface area contributed by atoms with Gasteiger partial charge in [-0.05, 0) is 30.3 Å². The fourth-order valence-corrected chi connectivity index (χ4v) is 4.20. The van der Waals surface area contributed by atoms with Crippen molar-refractivity contribution in [3.05, 3.63) is 47.0 Å². The van der Waals surface area contributed by atoms with Gasteiger partial charge < -0.3 is 25.7 Å². The monoisotopic (exact) mass is 444 g/mol. The molecule has 0 unspecified atom stereocenters. The highest BCUT2D eigenvalue weighted by Gasteiger charge is 2.14. The fourth-order valence-electron chi connectivity index (χ4n) is 3.04. The Bertz CT molecular complexity index is 1200. The first-order chi connectivity index (χ1) is 14.6. The van der Waals surface area contributed by atoms with Gasteiger partial charge in [-0.25, -0.2) is 9.97 Å². The Morgan fingerprint density at radius 3 is 2.93 bits per heavy atom. The molecule has 1 amide bonds. The maximum absolute atomic E-state index is 12.4. The van der Waals surface area contributed by atoms with Crippen LogP contribution >= 0.6 is 22.9 Å². The van der Waals surface area contributed by atoms with Crippen molar-refractivity contribution in [1.29, 1.82) is 0 Å². The molecule has 0 saturated carbocycles. The van der Waals surface area contributed by atoms with E-state index >= 15 is 0 Å². The molecule has 0 saturated heterocycles. The number of anilines is 2. The van der Waals surface area contributed by atoms with Crippen molar-refractivity contribution in [2.45, 2.75) is 0 Å². The van der Waals surface area contributed by atoms with Crippen molar-refractivity contribution < 1.29 is 9.53 Å². The SMILES string of the molecule is Cn1c(Nc2nc3c(Cl)cccc3s2)nc2cc(C(=O)NCCOCCN)ccc21. The minimum Gasteiger partial charge on any atom is -0.378 e. The molecule has 0 atom stereocenters. The molecule has 8 nitrogen and oxygen atoms in total. The minimum atomic E-state index is -0.172. The van der Waals surface area contributed by atoms with Crippen LogP contribution in [0.15, 0.2) is 36.4 Å². The van der Waals surface area contributed by atoms with E-state index in [2.05, 4.69) is 20.6 Å². The maximum Gasteiger partial charge on any atom is 0.251 e. The number of rotatable bonds is 8. The lowest BCUT2D eigenvalue weighted by Gasteiger charge is -2.06. The standard InChI is InChI=1S/C20H21ClN6O2S/c1-27-15-6-5-12(18(28)23-8-10-29-9-7-22)11-14(15)24-19(27)26-20-25-17-13(21)3-2-4-16(17)30-20/h2-6,11H,7-10,22H2,1H3,(H,23,28)(H,24,25,26). The quantitative estimate of drug-likeness (QED) is 0.360. The van der Waals surface area contributed by atoms with E-state index < -0.39 is 0 Å².